The fraction of sp³-hybridized carbons (Fsp3) is 0.238. The van der Waals surface area contributed by atoms with Crippen LogP contribution in [-0.4, -0.2) is 25.1 Å². The average Bonchev–Trinajstić information content (AvgIpc) is 3.37. The molecule has 0 spiro atoms. The minimum Gasteiger partial charge on any atom is -0.467 e. The van der Waals surface area contributed by atoms with Gasteiger partial charge in [0.1, 0.15) is 17.4 Å². The van der Waals surface area contributed by atoms with E-state index >= 15 is 0 Å². The van der Waals surface area contributed by atoms with Gasteiger partial charge in [0.25, 0.3) is 0 Å². The van der Waals surface area contributed by atoms with Crippen LogP contribution in [0, 0.1) is 11.7 Å². The Morgan fingerprint density at radius 2 is 2.10 bits per heavy atom. The summed E-state index contributed by atoms with van der Waals surface area (Å²) < 4.78 is 21.6. The Balaban J connectivity index is 1.46. The number of furan rings is 1. The molecule has 1 N–H and O–H groups in total. The maximum atomic E-state index is 13.5. The average molecular weight is 409 g/mol. The number of aromatic nitrogens is 4. The van der Waals surface area contributed by atoms with Gasteiger partial charge in [-0.05, 0) is 36.2 Å². The summed E-state index contributed by atoms with van der Waals surface area (Å²) >= 11 is 0. The van der Waals surface area contributed by atoms with Crippen LogP contribution in [0.3, 0.4) is 0 Å². The second-order valence-corrected chi connectivity index (χ2v) is 7.13. The molecule has 0 bridgehead atoms. The SMILES string of the molecule is C[C@H](CC(=O)NCc1ccco1)Cc1nnc2c(=O)n(-c3cccc(F)c3)ccn12. The van der Waals surface area contributed by atoms with Gasteiger partial charge in [-0.1, -0.05) is 13.0 Å². The lowest BCUT2D eigenvalue weighted by atomic mass is 10.0. The van der Waals surface area contributed by atoms with Crippen molar-refractivity contribution in [3.63, 3.8) is 0 Å². The molecule has 3 heterocycles. The minimum absolute atomic E-state index is 0.0142. The lowest BCUT2D eigenvalue weighted by molar-refractivity contribution is -0.122. The van der Waals surface area contributed by atoms with Crippen LogP contribution in [-0.2, 0) is 17.8 Å². The number of amides is 1. The van der Waals surface area contributed by atoms with E-state index in [9.17, 15) is 14.0 Å². The van der Waals surface area contributed by atoms with Gasteiger partial charge in [-0.15, -0.1) is 10.2 Å². The molecule has 0 aliphatic rings. The van der Waals surface area contributed by atoms with E-state index in [1.54, 1.807) is 41.3 Å². The zero-order chi connectivity index (χ0) is 21.1. The fourth-order valence-electron chi connectivity index (χ4n) is 3.27. The standard InChI is InChI=1S/C21H20FN5O3/c1-14(11-19(28)23-13-17-6-3-9-30-17)10-18-24-25-20-21(29)26(7-8-27(18)20)16-5-2-4-15(22)12-16/h2-9,12,14H,10-11,13H2,1H3,(H,23,28)/t14-/m0/s1. The number of fused-ring (bicyclic) bond motifs is 1. The first-order valence-corrected chi connectivity index (χ1v) is 9.51. The summed E-state index contributed by atoms with van der Waals surface area (Å²) in [6.07, 6.45) is 5.55. The van der Waals surface area contributed by atoms with E-state index in [0.29, 0.717) is 36.7 Å². The molecule has 1 atom stereocenters. The predicted molar refractivity (Wildman–Crippen MR) is 107 cm³/mol. The van der Waals surface area contributed by atoms with E-state index in [-0.39, 0.29) is 17.5 Å². The number of halogens is 1. The molecule has 0 saturated carbocycles. The Hall–Kier alpha value is -3.75. The van der Waals surface area contributed by atoms with Gasteiger partial charge in [0.05, 0.1) is 18.5 Å². The highest BCUT2D eigenvalue weighted by molar-refractivity contribution is 5.76. The van der Waals surface area contributed by atoms with Crippen LogP contribution in [0.25, 0.3) is 11.3 Å². The van der Waals surface area contributed by atoms with Crippen LogP contribution in [0.1, 0.15) is 24.9 Å². The molecule has 9 heteroatoms. The molecule has 4 rings (SSSR count). The molecule has 0 fully saturated rings. The normalized spacial score (nSPS) is 12.2. The quantitative estimate of drug-likeness (QED) is 0.506. The number of nitrogens with one attached hydrogen (secondary N) is 1. The summed E-state index contributed by atoms with van der Waals surface area (Å²) in [7, 11) is 0. The zero-order valence-corrected chi connectivity index (χ0v) is 16.3. The van der Waals surface area contributed by atoms with Crippen LogP contribution in [0.2, 0.25) is 0 Å². The number of carbonyl (C=O) groups excluding carboxylic acids is 1. The lowest BCUT2D eigenvalue weighted by Gasteiger charge is -2.11. The van der Waals surface area contributed by atoms with Crippen LogP contribution < -0.4 is 10.9 Å². The zero-order valence-electron chi connectivity index (χ0n) is 16.3. The van der Waals surface area contributed by atoms with Crippen LogP contribution >= 0.6 is 0 Å². The molecule has 30 heavy (non-hydrogen) atoms. The highest BCUT2D eigenvalue weighted by Gasteiger charge is 2.16. The molecule has 1 amide bonds. The smallest absolute Gasteiger partial charge is 0.300 e. The summed E-state index contributed by atoms with van der Waals surface area (Å²) in [5.74, 6) is 0.732. The second kappa shape index (κ2) is 8.32. The monoisotopic (exact) mass is 409 g/mol. The van der Waals surface area contributed by atoms with E-state index in [2.05, 4.69) is 15.5 Å². The number of nitrogens with zero attached hydrogens (tertiary/aromatic N) is 4. The van der Waals surface area contributed by atoms with Crippen LogP contribution in [0.5, 0.6) is 0 Å². The Bertz CT molecular complexity index is 1230. The Morgan fingerprint density at radius 3 is 2.87 bits per heavy atom. The van der Waals surface area contributed by atoms with Crippen molar-refractivity contribution in [2.45, 2.75) is 26.3 Å². The minimum atomic E-state index is -0.430. The van der Waals surface area contributed by atoms with Crippen LogP contribution in [0.15, 0.2) is 64.3 Å². The first-order valence-electron chi connectivity index (χ1n) is 9.51. The molecular weight excluding hydrogens is 389 g/mol. The Morgan fingerprint density at radius 1 is 1.23 bits per heavy atom. The lowest BCUT2D eigenvalue weighted by Crippen LogP contribution is -2.25. The molecule has 0 aliphatic heterocycles. The van der Waals surface area contributed by atoms with E-state index < -0.39 is 11.4 Å². The third-order valence-electron chi connectivity index (χ3n) is 4.73. The molecule has 0 unspecified atom stereocenters. The van der Waals surface area contributed by atoms with Gasteiger partial charge in [-0.2, -0.15) is 0 Å². The van der Waals surface area contributed by atoms with Gasteiger partial charge in [-0.3, -0.25) is 18.6 Å². The van der Waals surface area contributed by atoms with Crippen molar-refractivity contribution in [1.29, 1.82) is 0 Å². The maximum Gasteiger partial charge on any atom is 0.300 e. The largest absolute Gasteiger partial charge is 0.467 e. The fourth-order valence-corrected chi connectivity index (χ4v) is 3.27. The molecule has 3 aromatic heterocycles. The maximum absolute atomic E-state index is 13.5. The number of benzene rings is 1. The molecule has 4 aromatic rings. The van der Waals surface area contributed by atoms with Crippen molar-refractivity contribution < 1.29 is 13.6 Å². The van der Waals surface area contributed by atoms with E-state index in [1.807, 2.05) is 6.92 Å². The van der Waals surface area contributed by atoms with Crippen molar-refractivity contribution in [2.24, 2.45) is 5.92 Å². The summed E-state index contributed by atoms with van der Waals surface area (Å²) in [5, 5.41) is 10.9. The van der Waals surface area contributed by atoms with Crippen molar-refractivity contribution in [3.8, 4) is 5.69 Å². The van der Waals surface area contributed by atoms with Crippen molar-refractivity contribution in [2.75, 3.05) is 0 Å². The van der Waals surface area contributed by atoms with Gasteiger partial charge < -0.3 is 9.73 Å². The van der Waals surface area contributed by atoms with Gasteiger partial charge in [0, 0.05) is 25.2 Å². The number of rotatable bonds is 7. The number of carbonyl (C=O) groups is 1. The van der Waals surface area contributed by atoms with Crippen molar-refractivity contribution in [1.82, 2.24) is 24.5 Å². The third-order valence-corrected chi connectivity index (χ3v) is 4.73. The highest BCUT2D eigenvalue weighted by atomic mass is 19.1. The van der Waals surface area contributed by atoms with E-state index in [1.165, 1.54) is 22.8 Å². The first-order chi connectivity index (χ1) is 14.5. The highest BCUT2D eigenvalue weighted by Crippen LogP contribution is 2.13. The summed E-state index contributed by atoms with van der Waals surface area (Å²) in [4.78, 5) is 24.9. The number of hydrogen-bond donors (Lipinski definition) is 1. The third kappa shape index (κ3) is 4.14. The predicted octanol–water partition coefficient (Wildman–Crippen LogP) is 2.50. The van der Waals surface area contributed by atoms with Crippen LogP contribution in [0.4, 0.5) is 4.39 Å². The van der Waals surface area contributed by atoms with Crippen molar-refractivity contribution in [3.05, 3.63) is 82.8 Å². The van der Waals surface area contributed by atoms with E-state index in [0.717, 1.165) is 0 Å². The summed E-state index contributed by atoms with van der Waals surface area (Å²) in [5.41, 5.74) is 0.158. The second-order valence-electron chi connectivity index (χ2n) is 7.13. The molecule has 0 saturated heterocycles. The first kappa shape index (κ1) is 19.6. The van der Waals surface area contributed by atoms with Gasteiger partial charge in [0.2, 0.25) is 11.6 Å². The molecule has 154 valence electrons. The molecule has 1 aromatic carbocycles. The summed E-state index contributed by atoms with van der Waals surface area (Å²) in [6.45, 7) is 2.27. The molecule has 0 aliphatic carbocycles. The topological polar surface area (TPSA) is 94.4 Å². The Labute approximate surface area is 171 Å². The van der Waals surface area contributed by atoms with E-state index in [4.69, 9.17) is 4.42 Å². The van der Waals surface area contributed by atoms with Gasteiger partial charge in [-0.25, -0.2) is 4.39 Å². The molecule has 0 radical (unpaired) electrons. The van der Waals surface area contributed by atoms with Gasteiger partial charge >= 0.3 is 5.56 Å². The van der Waals surface area contributed by atoms with Crippen molar-refractivity contribution >= 4 is 11.6 Å². The number of hydrogen-bond acceptors (Lipinski definition) is 5. The Kier molecular flexibility index (Phi) is 5.42. The molecular formula is C21H20FN5O3. The molecule has 8 nitrogen and oxygen atoms in total. The summed E-state index contributed by atoms with van der Waals surface area (Å²) in [6, 6.07) is 9.33. The van der Waals surface area contributed by atoms with Gasteiger partial charge in [0.15, 0.2) is 0 Å².